The Morgan fingerprint density at radius 1 is 1.44 bits per heavy atom. The van der Waals surface area contributed by atoms with Crippen LogP contribution in [0.25, 0.3) is 0 Å². The van der Waals surface area contributed by atoms with Crippen LogP contribution < -0.4 is 0 Å². The largest absolute Gasteiger partial charge is 0.432 e. The van der Waals surface area contributed by atoms with Gasteiger partial charge in [0.15, 0.2) is 0 Å². The van der Waals surface area contributed by atoms with Crippen molar-refractivity contribution in [2.24, 2.45) is 0 Å². The molecule has 0 radical (unpaired) electrons. The second-order valence-electron chi connectivity index (χ2n) is 1.51. The summed E-state index contributed by atoms with van der Waals surface area (Å²) in [4.78, 5) is 10.2. The predicted octanol–water partition coefficient (Wildman–Crippen LogP) is 1.86. The molecule has 0 aromatic rings. The van der Waals surface area contributed by atoms with Gasteiger partial charge in [-0.3, -0.25) is 4.79 Å². The van der Waals surface area contributed by atoms with Gasteiger partial charge >= 0.3 is 5.97 Å². The van der Waals surface area contributed by atoms with E-state index < -0.39 is 0 Å². The highest BCUT2D eigenvalue weighted by Gasteiger charge is 2.13. The molecule has 0 saturated carbocycles. The third-order valence-electron chi connectivity index (χ3n) is 0.866. The van der Waals surface area contributed by atoms with E-state index in [4.69, 9.17) is 0 Å². The number of esters is 1. The van der Waals surface area contributed by atoms with E-state index in [1.165, 1.54) is 0 Å². The van der Waals surface area contributed by atoms with Gasteiger partial charge in [0.1, 0.15) is 5.76 Å². The van der Waals surface area contributed by atoms with Crippen molar-refractivity contribution in [2.75, 3.05) is 0 Å². The second-order valence-corrected chi connectivity index (χ2v) is 1.51. The molecular weight excluding hydrogens is 116 g/mol. The van der Waals surface area contributed by atoms with Gasteiger partial charge in [0.25, 0.3) is 0 Å². The number of hydrogen-bond acceptors (Lipinski definition) is 2. The van der Waals surface area contributed by atoms with Gasteiger partial charge in [-0.15, -0.1) is 0 Å². The molecule has 52 valence electrons. The fraction of sp³-hybridized carbons (Fsp3) is 0.571. The lowest BCUT2D eigenvalue weighted by molar-refractivity contribution is -0.135. The van der Waals surface area contributed by atoms with Gasteiger partial charge < -0.3 is 4.74 Å². The fourth-order valence-corrected chi connectivity index (χ4v) is 0.505. The van der Waals surface area contributed by atoms with Crippen molar-refractivity contribution in [1.82, 2.24) is 0 Å². The van der Waals surface area contributed by atoms with Crippen LogP contribution in [-0.2, 0) is 9.53 Å². The number of hydrogen-bond donors (Lipinski definition) is 0. The fourth-order valence-electron chi connectivity index (χ4n) is 0.505. The first-order valence-corrected chi connectivity index (χ1v) is 3.17. The molecule has 0 aliphatic carbocycles. The number of carbonyl (C=O) groups is 1. The lowest BCUT2D eigenvalue weighted by atomic mass is 10.3. The highest BCUT2D eigenvalue weighted by Crippen LogP contribution is 2.13. The topological polar surface area (TPSA) is 26.3 Å². The van der Waals surface area contributed by atoms with E-state index in [-0.39, 0.29) is 5.97 Å². The Hall–Kier alpha value is -0.790. The average molecular weight is 128 g/mol. The minimum absolute atomic E-state index is 0.148. The van der Waals surface area contributed by atoms with Crippen molar-refractivity contribution in [2.45, 2.75) is 26.7 Å². The van der Waals surface area contributed by atoms with Crippen molar-refractivity contribution >= 4 is 5.97 Å². The molecule has 0 aromatic carbocycles. The van der Waals surface area contributed by atoms with Gasteiger partial charge in [-0.2, -0.15) is 0 Å². The van der Waals surface area contributed by atoms with Gasteiger partial charge in [0, 0.05) is 6.42 Å². The zero-order valence-electron chi connectivity index (χ0n) is 5.94. The van der Waals surface area contributed by atoms with Crippen LogP contribution >= 0.6 is 0 Å². The van der Waals surface area contributed by atoms with Gasteiger partial charge in [0.2, 0.25) is 0 Å². The Labute approximate surface area is 55.5 Å². The molecule has 1 aliphatic rings. The van der Waals surface area contributed by atoms with Gasteiger partial charge in [-0.1, -0.05) is 20.4 Å². The van der Waals surface area contributed by atoms with Crippen LogP contribution in [0.5, 0.6) is 0 Å². The zero-order chi connectivity index (χ0) is 7.28. The van der Waals surface area contributed by atoms with Crippen LogP contribution in [0.2, 0.25) is 0 Å². The summed E-state index contributed by atoms with van der Waals surface area (Å²) < 4.78 is 4.53. The summed E-state index contributed by atoms with van der Waals surface area (Å²) >= 11 is 0. The summed E-state index contributed by atoms with van der Waals surface area (Å²) in [5.41, 5.74) is 0. The molecule has 0 bridgehead atoms. The Morgan fingerprint density at radius 2 is 2.00 bits per heavy atom. The van der Waals surface area contributed by atoms with Crippen LogP contribution in [0.1, 0.15) is 26.7 Å². The minimum atomic E-state index is -0.148. The summed E-state index contributed by atoms with van der Waals surface area (Å²) in [7, 11) is 0. The van der Waals surface area contributed by atoms with Crippen LogP contribution in [-0.4, -0.2) is 5.97 Å². The van der Waals surface area contributed by atoms with Crippen molar-refractivity contribution < 1.29 is 9.53 Å². The first-order chi connectivity index (χ1) is 4.29. The molecule has 0 amide bonds. The van der Waals surface area contributed by atoms with E-state index in [1.807, 2.05) is 13.8 Å². The number of cyclic esters (lactones) is 1. The van der Waals surface area contributed by atoms with Crippen molar-refractivity contribution in [1.29, 1.82) is 0 Å². The Balaban J connectivity index is 0.000000291. The molecule has 0 spiro atoms. The summed E-state index contributed by atoms with van der Waals surface area (Å²) in [5, 5.41) is 0. The molecule has 0 aromatic heterocycles. The SMILES string of the molecule is C=C1CCC(=O)O1.CC. The molecule has 1 heterocycles. The van der Waals surface area contributed by atoms with E-state index >= 15 is 0 Å². The van der Waals surface area contributed by atoms with Gasteiger partial charge in [0.05, 0.1) is 6.42 Å². The monoisotopic (exact) mass is 128 g/mol. The highest BCUT2D eigenvalue weighted by molar-refractivity contribution is 5.73. The maximum atomic E-state index is 10.2. The maximum absolute atomic E-state index is 10.2. The zero-order valence-corrected chi connectivity index (χ0v) is 5.94. The van der Waals surface area contributed by atoms with Crippen LogP contribution in [0, 0.1) is 0 Å². The van der Waals surface area contributed by atoms with Crippen molar-refractivity contribution in [3.63, 3.8) is 0 Å². The molecule has 1 rings (SSSR count). The van der Waals surface area contributed by atoms with E-state index in [1.54, 1.807) is 0 Å². The smallest absolute Gasteiger partial charge is 0.311 e. The summed E-state index contributed by atoms with van der Waals surface area (Å²) in [6.45, 7) is 7.46. The number of ether oxygens (including phenoxy) is 1. The van der Waals surface area contributed by atoms with E-state index in [2.05, 4.69) is 11.3 Å². The molecule has 0 atom stereocenters. The van der Waals surface area contributed by atoms with E-state index in [0.29, 0.717) is 18.6 Å². The molecule has 1 saturated heterocycles. The van der Waals surface area contributed by atoms with Crippen molar-refractivity contribution in [3.8, 4) is 0 Å². The normalized spacial score (nSPS) is 16.2. The molecule has 1 aliphatic heterocycles. The first kappa shape index (κ1) is 8.21. The summed E-state index contributed by atoms with van der Waals surface area (Å²) in [6.07, 6.45) is 1.22. The molecule has 0 unspecified atom stereocenters. The minimum Gasteiger partial charge on any atom is -0.432 e. The molecule has 2 nitrogen and oxygen atoms in total. The third kappa shape index (κ3) is 2.90. The van der Waals surface area contributed by atoms with E-state index in [9.17, 15) is 4.79 Å². The van der Waals surface area contributed by atoms with Crippen molar-refractivity contribution in [3.05, 3.63) is 12.3 Å². The second kappa shape index (κ2) is 4.13. The molecule has 1 fully saturated rings. The highest BCUT2D eigenvalue weighted by atomic mass is 16.5. The molecular formula is C7H12O2. The summed E-state index contributed by atoms with van der Waals surface area (Å²) in [6, 6.07) is 0. The van der Waals surface area contributed by atoms with Crippen LogP contribution in [0.3, 0.4) is 0 Å². The Morgan fingerprint density at radius 3 is 2.11 bits per heavy atom. The lowest BCUT2D eigenvalue weighted by Gasteiger charge is -1.85. The quantitative estimate of drug-likeness (QED) is 0.465. The van der Waals surface area contributed by atoms with E-state index in [0.717, 1.165) is 0 Å². The number of carbonyl (C=O) groups excluding carboxylic acids is 1. The van der Waals surface area contributed by atoms with Crippen LogP contribution in [0.4, 0.5) is 0 Å². The Bertz CT molecular complexity index is 102. The predicted molar refractivity (Wildman–Crippen MR) is 35.8 cm³/mol. The van der Waals surface area contributed by atoms with Gasteiger partial charge in [-0.25, -0.2) is 0 Å². The first-order valence-electron chi connectivity index (χ1n) is 3.17. The van der Waals surface area contributed by atoms with Gasteiger partial charge in [-0.05, 0) is 0 Å². The Kier molecular flexibility index (Phi) is 3.76. The summed E-state index contributed by atoms with van der Waals surface area (Å²) in [5.74, 6) is 0.454. The van der Waals surface area contributed by atoms with Crippen LogP contribution in [0.15, 0.2) is 12.3 Å². The molecule has 0 N–H and O–H groups in total. The lowest BCUT2D eigenvalue weighted by Crippen LogP contribution is -1.87. The number of rotatable bonds is 0. The average Bonchev–Trinajstić information content (AvgIpc) is 2.20. The molecule has 2 heteroatoms. The maximum Gasteiger partial charge on any atom is 0.311 e. The molecule has 9 heavy (non-hydrogen) atoms. The third-order valence-corrected chi connectivity index (χ3v) is 0.866. The standard InChI is InChI=1S/C5H6O2.C2H6/c1-4-2-3-5(6)7-4;1-2/h1-3H2;1-2H3. The number of allylic oxidation sites excluding steroid dienone is 1.